The number of aromatic nitrogens is 2. The lowest BCUT2D eigenvalue weighted by Crippen LogP contribution is -2.19. The van der Waals surface area contributed by atoms with Crippen LogP contribution in [0.2, 0.25) is 0 Å². The zero-order chi connectivity index (χ0) is 14.1. The molecule has 20 heavy (non-hydrogen) atoms. The van der Waals surface area contributed by atoms with Gasteiger partial charge in [0.1, 0.15) is 4.60 Å². The maximum absolute atomic E-state index is 11.9. The molecule has 1 atom stereocenters. The summed E-state index contributed by atoms with van der Waals surface area (Å²) in [7, 11) is 1.38. The predicted octanol–water partition coefficient (Wildman–Crippen LogP) is 3.28. The summed E-state index contributed by atoms with van der Waals surface area (Å²) < 4.78 is 13.1. The van der Waals surface area contributed by atoms with Gasteiger partial charge in [-0.1, -0.05) is 6.07 Å². The van der Waals surface area contributed by atoms with E-state index in [1.54, 1.807) is 6.07 Å². The smallest absolute Gasteiger partial charge is 0.338 e. The van der Waals surface area contributed by atoms with Crippen LogP contribution in [0.3, 0.4) is 0 Å². The molecule has 1 aliphatic heterocycles. The van der Waals surface area contributed by atoms with Gasteiger partial charge in [0, 0.05) is 12.0 Å². The summed E-state index contributed by atoms with van der Waals surface area (Å²) in [6, 6.07) is 5.52. The zero-order valence-electron chi connectivity index (χ0n) is 11.1. The molecule has 5 nitrogen and oxygen atoms in total. The third kappa shape index (κ3) is 2.23. The van der Waals surface area contributed by atoms with Crippen LogP contribution >= 0.6 is 15.9 Å². The van der Waals surface area contributed by atoms with Gasteiger partial charge in [0.2, 0.25) is 0 Å². The third-order valence-electron chi connectivity index (χ3n) is 3.52. The molecule has 0 bridgehead atoms. The van der Waals surface area contributed by atoms with Crippen LogP contribution in [0.15, 0.2) is 22.8 Å². The molecule has 1 aromatic carbocycles. The number of methoxy groups -OCH3 is 1. The van der Waals surface area contributed by atoms with Gasteiger partial charge in [0.15, 0.2) is 6.23 Å². The van der Waals surface area contributed by atoms with Crippen LogP contribution in [-0.2, 0) is 9.47 Å². The number of nitrogens with zero attached hydrogens (tertiary/aromatic N) is 2. The fourth-order valence-electron chi connectivity index (χ4n) is 2.56. The lowest BCUT2D eigenvalue weighted by Gasteiger charge is -2.23. The van der Waals surface area contributed by atoms with Crippen molar-refractivity contribution in [3.8, 4) is 0 Å². The number of esters is 1. The number of carbonyl (C=O) groups excluding carboxylic acids is 1. The molecule has 2 aromatic rings. The number of benzene rings is 1. The van der Waals surface area contributed by atoms with Gasteiger partial charge < -0.3 is 9.47 Å². The molecule has 0 saturated carbocycles. The molecule has 2 heterocycles. The van der Waals surface area contributed by atoms with E-state index in [0.29, 0.717) is 10.2 Å². The molecule has 0 amide bonds. The van der Waals surface area contributed by atoms with Gasteiger partial charge in [0.25, 0.3) is 0 Å². The second-order valence-electron chi connectivity index (χ2n) is 4.75. The monoisotopic (exact) mass is 338 g/mol. The van der Waals surface area contributed by atoms with Crippen molar-refractivity contribution in [2.24, 2.45) is 0 Å². The lowest BCUT2D eigenvalue weighted by molar-refractivity contribution is -0.0368. The standard InChI is InChI=1S/C14H15BrN2O3/c1-19-14(18)9-5-4-6-10-12(9)13(15)16-17(10)11-7-2-3-8-20-11/h4-6,11H,2-3,7-8H2,1H3. The number of hydrogen-bond acceptors (Lipinski definition) is 4. The molecule has 1 aliphatic rings. The van der Waals surface area contributed by atoms with E-state index >= 15 is 0 Å². The molecular formula is C14H15BrN2O3. The normalized spacial score (nSPS) is 19.2. The summed E-state index contributed by atoms with van der Waals surface area (Å²) in [4.78, 5) is 11.9. The van der Waals surface area contributed by atoms with E-state index in [1.165, 1.54) is 7.11 Å². The Morgan fingerprint density at radius 2 is 2.35 bits per heavy atom. The van der Waals surface area contributed by atoms with Gasteiger partial charge in [-0.25, -0.2) is 9.48 Å². The maximum Gasteiger partial charge on any atom is 0.338 e. The van der Waals surface area contributed by atoms with E-state index in [0.717, 1.165) is 36.8 Å². The minimum Gasteiger partial charge on any atom is -0.465 e. The first-order chi connectivity index (χ1) is 9.72. The summed E-state index contributed by atoms with van der Waals surface area (Å²) in [5.74, 6) is -0.361. The van der Waals surface area contributed by atoms with Crippen molar-refractivity contribution in [2.45, 2.75) is 25.5 Å². The third-order valence-corrected chi connectivity index (χ3v) is 4.08. The first-order valence-electron chi connectivity index (χ1n) is 6.59. The Balaban J connectivity index is 2.14. The Labute approximate surface area is 125 Å². The molecule has 0 radical (unpaired) electrons. The van der Waals surface area contributed by atoms with Crippen molar-refractivity contribution >= 4 is 32.8 Å². The number of hydrogen-bond donors (Lipinski definition) is 0. The molecule has 3 rings (SSSR count). The fraction of sp³-hybridized carbons (Fsp3) is 0.429. The Kier molecular flexibility index (Phi) is 3.76. The number of carbonyl (C=O) groups is 1. The summed E-state index contributed by atoms with van der Waals surface area (Å²) in [5, 5.41) is 5.26. The fourth-order valence-corrected chi connectivity index (χ4v) is 3.15. The van der Waals surface area contributed by atoms with Crippen LogP contribution in [0.25, 0.3) is 10.9 Å². The highest BCUT2D eigenvalue weighted by Crippen LogP contribution is 2.32. The zero-order valence-corrected chi connectivity index (χ0v) is 12.7. The van der Waals surface area contributed by atoms with Crippen LogP contribution in [0.1, 0.15) is 35.8 Å². The highest BCUT2D eigenvalue weighted by molar-refractivity contribution is 9.10. The van der Waals surface area contributed by atoms with Crippen LogP contribution in [0.5, 0.6) is 0 Å². The molecule has 0 aliphatic carbocycles. The van der Waals surface area contributed by atoms with Crippen molar-refractivity contribution < 1.29 is 14.3 Å². The Bertz CT molecular complexity index is 647. The largest absolute Gasteiger partial charge is 0.465 e. The number of halogens is 1. The molecule has 106 valence electrons. The van der Waals surface area contributed by atoms with Crippen molar-refractivity contribution in [1.82, 2.24) is 9.78 Å². The minimum atomic E-state index is -0.361. The quantitative estimate of drug-likeness (QED) is 0.788. The number of ether oxygens (including phenoxy) is 2. The molecule has 1 fully saturated rings. The molecule has 6 heteroatoms. The summed E-state index contributed by atoms with van der Waals surface area (Å²) in [6.45, 7) is 0.750. The summed E-state index contributed by atoms with van der Waals surface area (Å²) in [6.07, 6.45) is 3.08. The van der Waals surface area contributed by atoms with Crippen LogP contribution in [-0.4, -0.2) is 29.5 Å². The van der Waals surface area contributed by atoms with E-state index in [4.69, 9.17) is 9.47 Å². The van der Waals surface area contributed by atoms with Crippen LogP contribution in [0, 0.1) is 0 Å². The van der Waals surface area contributed by atoms with E-state index in [2.05, 4.69) is 21.0 Å². The minimum absolute atomic E-state index is 0.0644. The number of fused-ring (bicyclic) bond motifs is 1. The van der Waals surface area contributed by atoms with E-state index in [1.807, 2.05) is 16.8 Å². The first-order valence-corrected chi connectivity index (χ1v) is 7.38. The topological polar surface area (TPSA) is 53.3 Å². The van der Waals surface area contributed by atoms with E-state index in [9.17, 15) is 4.79 Å². The van der Waals surface area contributed by atoms with Crippen LogP contribution in [0.4, 0.5) is 0 Å². The molecule has 1 unspecified atom stereocenters. The van der Waals surface area contributed by atoms with Gasteiger partial charge in [-0.2, -0.15) is 5.10 Å². The highest BCUT2D eigenvalue weighted by atomic mass is 79.9. The summed E-state index contributed by atoms with van der Waals surface area (Å²) >= 11 is 3.44. The Morgan fingerprint density at radius 1 is 1.50 bits per heavy atom. The highest BCUT2D eigenvalue weighted by Gasteiger charge is 2.23. The van der Waals surface area contributed by atoms with Gasteiger partial charge >= 0.3 is 5.97 Å². The average Bonchev–Trinajstić information content (AvgIpc) is 2.85. The maximum atomic E-state index is 11.9. The van der Waals surface area contributed by atoms with Crippen molar-refractivity contribution in [3.63, 3.8) is 0 Å². The number of rotatable bonds is 2. The van der Waals surface area contributed by atoms with Crippen LogP contribution < -0.4 is 0 Å². The van der Waals surface area contributed by atoms with Crippen molar-refractivity contribution in [2.75, 3.05) is 13.7 Å². The van der Waals surface area contributed by atoms with Gasteiger partial charge in [0.05, 0.1) is 18.2 Å². The van der Waals surface area contributed by atoms with Crippen molar-refractivity contribution in [3.05, 3.63) is 28.4 Å². The molecular weight excluding hydrogens is 324 g/mol. The van der Waals surface area contributed by atoms with Crippen molar-refractivity contribution in [1.29, 1.82) is 0 Å². The Morgan fingerprint density at radius 3 is 3.05 bits per heavy atom. The van der Waals surface area contributed by atoms with Gasteiger partial charge in [-0.3, -0.25) is 0 Å². The summed E-state index contributed by atoms with van der Waals surface area (Å²) in [5.41, 5.74) is 1.39. The Hall–Kier alpha value is -1.40. The molecule has 1 saturated heterocycles. The van der Waals surface area contributed by atoms with Gasteiger partial charge in [-0.05, 0) is 47.3 Å². The first kappa shape index (κ1) is 13.6. The SMILES string of the molecule is COC(=O)c1cccc2c1c(Br)nn2C1CCCCO1. The van der Waals surface area contributed by atoms with Gasteiger partial charge in [-0.15, -0.1) is 0 Å². The average molecular weight is 339 g/mol. The molecule has 1 aromatic heterocycles. The second kappa shape index (κ2) is 5.54. The molecule has 0 spiro atoms. The second-order valence-corrected chi connectivity index (χ2v) is 5.50. The lowest BCUT2D eigenvalue weighted by atomic mass is 10.1. The van der Waals surface area contributed by atoms with E-state index < -0.39 is 0 Å². The van der Waals surface area contributed by atoms with E-state index in [-0.39, 0.29) is 12.2 Å². The molecule has 0 N–H and O–H groups in total. The predicted molar refractivity (Wildman–Crippen MR) is 77.6 cm³/mol.